The number of hydrogen-bond acceptors (Lipinski definition) is 4. The number of likely N-dealkylation sites (N-methyl/N-ethyl adjacent to an activating group) is 1. The van der Waals surface area contributed by atoms with E-state index in [2.05, 4.69) is 23.6 Å². The summed E-state index contributed by atoms with van der Waals surface area (Å²) in [5.74, 6) is 0. The topological polar surface area (TPSA) is 41.7 Å². The number of piperazine rings is 1. The molecule has 2 atom stereocenters. The molecule has 2 heterocycles. The van der Waals surface area contributed by atoms with Gasteiger partial charge in [0.15, 0.2) is 0 Å². The molecular formula is C12H25N3O. The number of nitrogens with zero attached hydrogens (tertiary/aromatic N) is 2. The molecule has 2 fully saturated rings. The van der Waals surface area contributed by atoms with Crippen LogP contribution >= 0.6 is 0 Å². The van der Waals surface area contributed by atoms with Crippen molar-refractivity contribution in [2.75, 3.05) is 45.9 Å². The van der Waals surface area contributed by atoms with E-state index in [1.807, 2.05) is 0 Å². The highest BCUT2D eigenvalue weighted by Crippen LogP contribution is 2.32. The summed E-state index contributed by atoms with van der Waals surface area (Å²) in [6.07, 6.45) is 1.38. The molecule has 2 N–H and O–H groups in total. The van der Waals surface area contributed by atoms with Gasteiger partial charge in [0.05, 0.1) is 11.6 Å². The highest BCUT2D eigenvalue weighted by Gasteiger charge is 2.45. The van der Waals surface area contributed by atoms with E-state index >= 15 is 0 Å². The minimum atomic E-state index is 0.111. The Bertz CT molecular complexity index is 228. The highest BCUT2D eigenvalue weighted by atomic mass is 16.5. The van der Waals surface area contributed by atoms with Crippen LogP contribution in [0.1, 0.15) is 20.3 Å². The molecule has 2 rings (SSSR count). The second kappa shape index (κ2) is 5.00. The van der Waals surface area contributed by atoms with Crippen LogP contribution in [0.2, 0.25) is 0 Å². The van der Waals surface area contributed by atoms with E-state index in [0.717, 1.165) is 39.2 Å². The first-order valence-corrected chi connectivity index (χ1v) is 6.52. The van der Waals surface area contributed by atoms with Crippen molar-refractivity contribution < 1.29 is 4.74 Å². The zero-order valence-corrected chi connectivity index (χ0v) is 10.6. The summed E-state index contributed by atoms with van der Waals surface area (Å²) in [6.45, 7) is 11.8. The van der Waals surface area contributed by atoms with E-state index in [-0.39, 0.29) is 11.6 Å². The van der Waals surface area contributed by atoms with E-state index in [9.17, 15) is 0 Å². The second-order valence-corrected chi connectivity index (χ2v) is 4.99. The van der Waals surface area contributed by atoms with Gasteiger partial charge in [0.1, 0.15) is 0 Å². The van der Waals surface area contributed by atoms with E-state index in [1.165, 1.54) is 13.1 Å². The minimum Gasteiger partial charge on any atom is -0.376 e. The van der Waals surface area contributed by atoms with Crippen LogP contribution in [0.5, 0.6) is 0 Å². The lowest BCUT2D eigenvalue weighted by Gasteiger charge is -2.46. The lowest BCUT2D eigenvalue weighted by molar-refractivity contribution is -0.0108. The summed E-state index contributed by atoms with van der Waals surface area (Å²) in [5.41, 5.74) is 6.13. The van der Waals surface area contributed by atoms with Crippen molar-refractivity contribution in [2.45, 2.75) is 31.9 Å². The van der Waals surface area contributed by atoms with Gasteiger partial charge in [-0.25, -0.2) is 0 Å². The lowest BCUT2D eigenvalue weighted by Crippen LogP contribution is -2.63. The standard InChI is InChI=1S/C12H25N3O/c1-3-14-5-7-15(8-6-14)12(10-13)4-9-16-11(12)2/h11H,3-10,13H2,1-2H3. The fraction of sp³-hybridized carbons (Fsp3) is 1.00. The monoisotopic (exact) mass is 227 g/mol. The quantitative estimate of drug-likeness (QED) is 0.744. The highest BCUT2D eigenvalue weighted by molar-refractivity contribution is 5.01. The minimum absolute atomic E-state index is 0.111. The Kier molecular flexibility index (Phi) is 3.85. The largest absolute Gasteiger partial charge is 0.376 e. The Labute approximate surface area is 98.7 Å². The van der Waals surface area contributed by atoms with Gasteiger partial charge < -0.3 is 15.4 Å². The average molecular weight is 227 g/mol. The fourth-order valence-electron chi connectivity index (χ4n) is 3.09. The van der Waals surface area contributed by atoms with Crippen molar-refractivity contribution in [2.24, 2.45) is 5.73 Å². The summed E-state index contributed by atoms with van der Waals surface area (Å²) in [5, 5.41) is 0. The molecule has 2 unspecified atom stereocenters. The number of hydrogen-bond donors (Lipinski definition) is 1. The molecule has 0 aromatic heterocycles. The first-order chi connectivity index (χ1) is 7.73. The van der Waals surface area contributed by atoms with Gasteiger partial charge in [-0.05, 0) is 19.9 Å². The molecule has 94 valence electrons. The van der Waals surface area contributed by atoms with Crippen molar-refractivity contribution >= 4 is 0 Å². The maximum Gasteiger partial charge on any atom is 0.0743 e. The van der Waals surface area contributed by atoms with Crippen LogP contribution in [-0.2, 0) is 4.74 Å². The summed E-state index contributed by atoms with van der Waals surface area (Å²) < 4.78 is 5.73. The summed E-state index contributed by atoms with van der Waals surface area (Å²) in [4.78, 5) is 5.07. The van der Waals surface area contributed by atoms with Crippen molar-refractivity contribution in [1.82, 2.24) is 9.80 Å². The Hall–Kier alpha value is -0.160. The second-order valence-electron chi connectivity index (χ2n) is 4.99. The van der Waals surface area contributed by atoms with Gasteiger partial charge in [0.25, 0.3) is 0 Å². The number of ether oxygens (including phenoxy) is 1. The molecule has 4 nitrogen and oxygen atoms in total. The third-order valence-corrected chi connectivity index (χ3v) is 4.46. The molecular weight excluding hydrogens is 202 g/mol. The smallest absolute Gasteiger partial charge is 0.0743 e. The third-order valence-electron chi connectivity index (χ3n) is 4.46. The predicted octanol–water partition coefficient (Wildman–Crippen LogP) is 0.130. The Balaban J connectivity index is 2.00. The van der Waals surface area contributed by atoms with Crippen LogP contribution in [0.3, 0.4) is 0 Å². The van der Waals surface area contributed by atoms with Gasteiger partial charge in [-0.1, -0.05) is 6.92 Å². The normalized spacial score (nSPS) is 38.1. The molecule has 16 heavy (non-hydrogen) atoms. The van der Waals surface area contributed by atoms with E-state index < -0.39 is 0 Å². The van der Waals surface area contributed by atoms with Gasteiger partial charge in [-0.3, -0.25) is 4.90 Å². The van der Waals surface area contributed by atoms with E-state index in [0.29, 0.717) is 0 Å². The zero-order chi connectivity index (χ0) is 11.6. The summed E-state index contributed by atoms with van der Waals surface area (Å²) in [6, 6.07) is 0. The Morgan fingerprint density at radius 2 is 2.00 bits per heavy atom. The summed E-state index contributed by atoms with van der Waals surface area (Å²) in [7, 11) is 0. The van der Waals surface area contributed by atoms with Crippen LogP contribution in [0.15, 0.2) is 0 Å². The van der Waals surface area contributed by atoms with Crippen molar-refractivity contribution in [3.63, 3.8) is 0 Å². The Morgan fingerprint density at radius 1 is 1.31 bits per heavy atom. The van der Waals surface area contributed by atoms with Crippen molar-refractivity contribution in [3.05, 3.63) is 0 Å². The van der Waals surface area contributed by atoms with Gasteiger partial charge in [-0.15, -0.1) is 0 Å². The number of rotatable bonds is 3. The molecule has 0 aliphatic carbocycles. The van der Waals surface area contributed by atoms with Crippen LogP contribution in [0, 0.1) is 0 Å². The third kappa shape index (κ3) is 1.99. The van der Waals surface area contributed by atoms with Gasteiger partial charge >= 0.3 is 0 Å². The lowest BCUT2D eigenvalue weighted by atomic mass is 9.89. The first-order valence-electron chi connectivity index (χ1n) is 6.52. The van der Waals surface area contributed by atoms with Crippen LogP contribution in [-0.4, -0.2) is 67.3 Å². The molecule has 2 aliphatic heterocycles. The maximum absolute atomic E-state index is 6.02. The zero-order valence-electron chi connectivity index (χ0n) is 10.6. The average Bonchev–Trinajstić information content (AvgIpc) is 2.72. The molecule has 0 spiro atoms. The molecule has 0 aromatic carbocycles. The molecule has 0 saturated carbocycles. The van der Waals surface area contributed by atoms with Crippen molar-refractivity contribution in [1.29, 1.82) is 0 Å². The first kappa shape index (κ1) is 12.3. The predicted molar refractivity (Wildman–Crippen MR) is 65.5 cm³/mol. The number of nitrogens with two attached hydrogens (primary N) is 1. The van der Waals surface area contributed by atoms with Gasteiger partial charge in [-0.2, -0.15) is 0 Å². The van der Waals surface area contributed by atoms with Crippen LogP contribution < -0.4 is 5.73 Å². The molecule has 4 heteroatoms. The molecule has 0 radical (unpaired) electrons. The van der Waals surface area contributed by atoms with Gasteiger partial charge in [0, 0.05) is 39.3 Å². The molecule has 0 aromatic rings. The molecule has 2 saturated heterocycles. The van der Waals surface area contributed by atoms with Gasteiger partial charge in [0.2, 0.25) is 0 Å². The molecule has 2 aliphatic rings. The fourth-order valence-corrected chi connectivity index (χ4v) is 3.09. The van der Waals surface area contributed by atoms with Crippen LogP contribution in [0.25, 0.3) is 0 Å². The van der Waals surface area contributed by atoms with Crippen LogP contribution in [0.4, 0.5) is 0 Å². The Morgan fingerprint density at radius 3 is 2.44 bits per heavy atom. The summed E-state index contributed by atoms with van der Waals surface area (Å²) >= 11 is 0. The molecule has 0 bridgehead atoms. The maximum atomic E-state index is 6.02. The van der Waals surface area contributed by atoms with Crippen molar-refractivity contribution in [3.8, 4) is 0 Å². The SMILES string of the molecule is CCN1CCN(C2(CN)CCOC2C)CC1. The van der Waals surface area contributed by atoms with E-state index in [1.54, 1.807) is 0 Å². The van der Waals surface area contributed by atoms with E-state index in [4.69, 9.17) is 10.5 Å². The molecule has 0 amide bonds.